The number of amides is 1. The van der Waals surface area contributed by atoms with Gasteiger partial charge in [-0.15, -0.1) is 0 Å². The number of thioether (sulfide) groups is 1. The lowest BCUT2D eigenvalue weighted by Crippen LogP contribution is -2.20. The van der Waals surface area contributed by atoms with E-state index in [0.717, 1.165) is 17.8 Å². The molecule has 0 radical (unpaired) electrons. The number of nitrogens with one attached hydrogen (secondary N) is 1. The molecule has 10 heteroatoms. The van der Waals surface area contributed by atoms with Crippen molar-refractivity contribution in [2.24, 2.45) is 4.99 Å². The van der Waals surface area contributed by atoms with E-state index in [4.69, 9.17) is 4.74 Å². The van der Waals surface area contributed by atoms with Crippen molar-refractivity contribution in [3.05, 3.63) is 28.4 Å². The monoisotopic (exact) mass is 350 g/mol. The Morgan fingerprint density at radius 1 is 1.46 bits per heavy atom. The molecular weight excluding hydrogens is 336 g/mol. The van der Waals surface area contributed by atoms with E-state index in [1.54, 1.807) is 13.8 Å². The van der Waals surface area contributed by atoms with Crippen molar-refractivity contribution < 1.29 is 23.9 Å². The average molecular weight is 350 g/mol. The van der Waals surface area contributed by atoms with Gasteiger partial charge in [0.2, 0.25) is 0 Å². The zero-order chi connectivity index (χ0) is 17.7. The lowest BCUT2D eigenvalue weighted by Gasteiger charge is -2.04. The van der Waals surface area contributed by atoms with Gasteiger partial charge < -0.3 is 14.8 Å². The van der Waals surface area contributed by atoms with Gasteiger partial charge in [0, 0.05) is 12.3 Å². The van der Waals surface area contributed by atoms with Crippen LogP contribution in [0.5, 0.6) is 0 Å². The largest absolute Gasteiger partial charge is 0.466 e. The summed E-state index contributed by atoms with van der Waals surface area (Å²) in [6.45, 7) is 3.58. The Kier molecular flexibility index (Phi) is 5.64. The van der Waals surface area contributed by atoms with Gasteiger partial charge in [0.25, 0.3) is 11.9 Å². The molecule has 0 unspecified atom stereocenters. The van der Waals surface area contributed by atoms with Crippen molar-refractivity contribution in [1.82, 2.24) is 15.3 Å². The Labute approximate surface area is 141 Å². The first-order valence-corrected chi connectivity index (χ1v) is 7.64. The van der Waals surface area contributed by atoms with Gasteiger partial charge in [-0.05, 0) is 25.6 Å². The third-order valence-electron chi connectivity index (χ3n) is 2.76. The minimum absolute atomic E-state index is 0.0719. The number of nitrogens with zero attached hydrogens (tertiary/aromatic N) is 3. The Balaban J connectivity index is 2.19. The normalized spacial score (nSPS) is 17.0. The highest BCUT2D eigenvalue weighted by Crippen LogP contribution is 2.25. The molecule has 126 valence electrons. The summed E-state index contributed by atoms with van der Waals surface area (Å²) in [5.41, 5.74) is 0.651. The number of hydrogen-bond acceptors (Lipinski definition) is 9. The summed E-state index contributed by atoms with van der Waals surface area (Å²) in [4.78, 5) is 46.9. The van der Waals surface area contributed by atoms with Crippen LogP contribution >= 0.6 is 11.8 Å². The minimum atomic E-state index is -0.639. The molecule has 9 nitrogen and oxygen atoms in total. The first-order chi connectivity index (χ1) is 11.4. The number of aromatic nitrogens is 2. The summed E-state index contributed by atoms with van der Waals surface area (Å²) in [6.07, 6.45) is 2.38. The highest BCUT2D eigenvalue weighted by Gasteiger charge is 2.25. The number of aryl methyl sites for hydroxylation is 1. The first-order valence-electron chi connectivity index (χ1n) is 6.83. The minimum Gasteiger partial charge on any atom is -0.466 e. The molecule has 0 aliphatic carbocycles. The topological polar surface area (TPSA) is 120 Å². The molecule has 1 aliphatic heterocycles. The molecule has 0 aromatic carbocycles. The lowest BCUT2D eigenvalue weighted by molar-refractivity contribution is -0.135. The van der Waals surface area contributed by atoms with E-state index in [-0.39, 0.29) is 28.2 Å². The molecule has 1 fully saturated rings. The fourth-order valence-corrected chi connectivity index (χ4v) is 2.43. The van der Waals surface area contributed by atoms with Crippen molar-refractivity contribution in [2.75, 3.05) is 13.7 Å². The number of carbonyl (C=O) groups excluding carboxylic acids is 3. The summed E-state index contributed by atoms with van der Waals surface area (Å²) in [5, 5.41) is 2.71. The number of aliphatic imine (C=N–C) groups is 1. The number of hydrogen-bond donors (Lipinski definition) is 1. The fourth-order valence-electron chi connectivity index (χ4n) is 1.66. The second-order valence-corrected chi connectivity index (χ2v) is 5.43. The lowest BCUT2D eigenvalue weighted by atomic mass is 10.2. The van der Waals surface area contributed by atoms with E-state index < -0.39 is 17.8 Å². The van der Waals surface area contributed by atoms with Crippen LogP contribution in [0.4, 0.5) is 5.95 Å². The standard InChI is InChI=1S/C14H14N4O5S/c1-4-23-12(21)8-6-15-13(16-7(8)2)18-14-17-11(20)9(24-14)5-10(19)22-3/h5-6H,4H2,1-3H3,(H,15,16,17,18,20)/b9-5-. The second kappa shape index (κ2) is 7.68. The molecule has 0 atom stereocenters. The molecule has 1 saturated heterocycles. The van der Waals surface area contributed by atoms with Crippen LogP contribution in [-0.4, -0.2) is 46.7 Å². The van der Waals surface area contributed by atoms with E-state index in [2.05, 4.69) is 25.0 Å². The molecule has 2 rings (SSSR count). The van der Waals surface area contributed by atoms with Gasteiger partial charge in [0.15, 0.2) is 5.17 Å². The number of methoxy groups -OCH3 is 1. The Bertz CT molecular complexity index is 760. The zero-order valence-electron chi connectivity index (χ0n) is 13.2. The van der Waals surface area contributed by atoms with Crippen LogP contribution in [0.1, 0.15) is 23.0 Å². The molecule has 1 aliphatic rings. The van der Waals surface area contributed by atoms with Crippen LogP contribution in [0.25, 0.3) is 0 Å². The molecule has 2 heterocycles. The molecule has 1 aromatic heterocycles. The highest BCUT2D eigenvalue weighted by atomic mass is 32.2. The molecule has 1 N–H and O–H groups in total. The van der Waals surface area contributed by atoms with Crippen LogP contribution < -0.4 is 5.32 Å². The first kappa shape index (κ1) is 17.6. The number of ether oxygens (including phenoxy) is 2. The summed E-state index contributed by atoms with van der Waals surface area (Å²) < 4.78 is 9.36. The molecule has 1 amide bonds. The maximum atomic E-state index is 11.7. The van der Waals surface area contributed by atoms with Crippen LogP contribution in [0.3, 0.4) is 0 Å². The zero-order valence-corrected chi connectivity index (χ0v) is 14.0. The van der Waals surface area contributed by atoms with Crippen molar-refractivity contribution >= 4 is 40.7 Å². The quantitative estimate of drug-likeness (QED) is 0.627. The van der Waals surface area contributed by atoms with Crippen molar-refractivity contribution in [3.63, 3.8) is 0 Å². The SMILES string of the molecule is CCOC(=O)c1cnc(/N=C2\NC(=O)/C(=C/C(=O)OC)S2)nc1C. The summed E-state index contributed by atoms with van der Waals surface area (Å²) in [6, 6.07) is 0. The van der Waals surface area contributed by atoms with E-state index in [0.29, 0.717) is 5.69 Å². The number of amidine groups is 1. The maximum Gasteiger partial charge on any atom is 0.341 e. The van der Waals surface area contributed by atoms with E-state index in [1.807, 2.05) is 0 Å². The van der Waals surface area contributed by atoms with Gasteiger partial charge in [-0.25, -0.2) is 19.6 Å². The van der Waals surface area contributed by atoms with Gasteiger partial charge in [0.1, 0.15) is 0 Å². The number of esters is 2. The summed E-state index contributed by atoms with van der Waals surface area (Å²) in [7, 11) is 1.22. The van der Waals surface area contributed by atoms with Gasteiger partial charge in [-0.3, -0.25) is 4.79 Å². The van der Waals surface area contributed by atoms with Crippen LogP contribution in [0.15, 0.2) is 22.2 Å². The van der Waals surface area contributed by atoms with Crippen LogP contribution in [-0.2, 0) is 19.1 Å². The van der Waals surface area contributed by atoms with Crippen LogP contribution in [0, 0.1) is 6.92 Å². The summed E-state index contributed by atoms with van der Waals surface area (Å²) >= 11 is 0.960. The van der Waals surface area contributed by atoms with E-state index in [1.165, 1.54) is 13.3 Å². The average Bonchev–Trinajstić information content (AvgIpc) is 2.86. The Hall–Kier alpha value is -2.75. The van der Waals surface area contributed by atoms with Gasteiger partial charge in [0.05, 0.1) is 29.9 Å². The predicted octanol–water partition coefficient (Wildman–Crippen LogP) is 0.869. The smallest absolute Gasteiger partial charge is 0.341 e. The predicted molar refractivity (Wildman–Crippen MR) is 85.7 cm³/mol. The molecule has 0 spiro atoms. The molecule has 24 heavy (non-hydrogen) atoms. The van der Waals surface area contributed by atoms with Gasteiger partial charge in [-0.1, -0.05) is 0 Å². The third kappa shape index (κ3) is 4.16. The van der Waals surface area contributed by atoms with Crippen molar-refractivity contribution in [3.8, 4) is 0 Å². The molecule has 1 aromatic rings. The second-order valence-electron chi connectivity index (χ2n) is 4.39. The Morgan fingerprint density at radius 3 is 2.83 bits per heavy atom. The fraction of sp³-hybridized carbons (Fsp3) is 0.286. The van der Waals surface area contributed by atoms with Crippen LogP contribution in [0.2, 0.25) is 0 Å². The number of carbonyl (C=O) groups is 3. The highest BCUT2D eigenvalue weighted by molar-refractivity contribution is 8.18. The van der Waals surface area contributed by atoms with Gasteiger partial charge >= 0.3 is 11.9 Å². The van der Waals surface area contributed by atoms with E-state index >= 15 is 0 Å². The molecular formula is C14H14N4O5S. The van der Waals surface area contributed by atoms with Crippen molar-refractivity contribution in [1.29, 1.82) is 0 Å². The third-order valence-corrected chi connectivity index (χ3v) is 3.67. The molecule has 0 saturated carbocycles. The Morgan fingerprint density at radius 2 is 2.21 bits per heavy atom. The van der Waals surface area contributed by atoms with Crippen molar-refractivity contribution in [2.45, 2.75) is 13.8 Å². The maximum absolute atomic E-state index is 11.7. The summed E-state index contributed by atoms with van der Waals surface area (Å²) in [5.74, 6) is -1.55. The van der Waals surface area contributed by atoms with Gasteiger partial charge in [-0.2, -0.15) is 4.99 Å². The number of rotatable bonds is 4. The van der Waals surface area contributed by atoms with E-state index in [9.17, 15) is 14.4 Å². The molecule has 0 bridgehead atoms.